The summed E-state index contributed by atoms with van der Waals surface area (Å²) in [5, 5.41) is 19.5. The number of hydrogen-bond donors (Lipinski definition) is 1. The lowest BCUT2D eigenvalue weighted by atomic mass is 9.88. The highest BCUT2D eigenvalue weighted by atomic mass is 16.3. The van der Waals surface area contributed by atoms with Crippen LogP contribution in [0.25, 0.3) is 0 Å². The maximum atomic E-state index is 12.3. The summed E-state index contributed by atoms with van der Waals surface area (Å²) in [5.74, 6) is -0.503. The number of carbonyl (C=O) groups excluding carboxylic acids is 1. The molecule has 2 rings (SSSR count). The molecule has 1 aromatic rings. The van der Waals surface area contributed by atoms with E-state index in [1.54, 1.807) is 18.2 Å². The molecule has 1 heterocycles. The third-order valence-corrected chi connectivity index (χ3v) is 3.28. The van der Waals surface area contributed by atoms with Crippen molar-refractivity contribution in [3.05, 3.63) is 41.5 Å². The van der Waals surface area contributed by atoms with Gasteiger partial charge in [0.2, 0.25) is 5.60 Å². The Kier molecular flexibility index (Phi) is 2.72. The van der Waals surface area contributed by atoms with Crippen molar-refractivity contribution in [3.8, 4) is 6.07 Å². The Morgan fingerprint density at radius 3 is 2.83 bits per heavy atom. The fourth-order valence-corrected chi connectivity index (χ4v) is 2.28. The Morgan fingerprint density at radius 2 is 2.28 bits per heavy atom. The summed E-state index contributed by atoms with van der Waals surface area (Å²) in [6.07, 6.45) is 0. The van der Waals surface area contributed by atoms with E-state index >= 15 is 0 Å². The summed E-state index contributed by atoms with van der Waals surface area (Å²) < 4.78 is 0. The minimum atomic E-state index is -1.91. The number of benzene rings is 1. The van der Waals surface area contributed by atoms with Crippen molar-refractivity contribution < 1.29 is 9.90 Å². The van der Waals surface area contributed by atoms with Crippen LogP contribution in [0.2, 0.25) is 0 Å². The second kappa shape index (κ2) is 3.97. The van der Waals surface area contributed by atoms with Gasteiger partial charge in [-0.3, -0.25) is 4.79 Å². The van der Waals surface area contributed by atoms with Gasteiger partial charge in [0.15, 0.2) is 0 Å². The van der Waals surface area contributed by atoms with Gasteiger partial charge in [0, 0.05) is 12.1 Å². The quantitative estimate of drug-likeness (QED) is 0.802. The summed E-state index contributed by atoms with van der Waals surface area (Å²) in [4.78, 5) is 13.8. The van der Waals surface area contributed by atoms with Crippen LogP contribution in [-0.2, 0) is 10.4 Å². The molecule has 18 heavy (non-hydrogen) atoms. The first-order valence-electron chi connectivity index (χ1n) is 5.71. The Morgan fingerprint density at radius 1 is 1.61 bits per heavy atom. The van der Waals surface area contributed by atoms with Gasteiger partial charge in [0.1, 0.15) is 0 Å². The average Bonchev–Trinajstić information content (AvgIpc) is 2.59. The molecule has 1 amide bonds. The number of carbonyl (C=O) groups is 1. The Labute approximate surface area is 106 Å². The zero-order valence-electron chi connectivity index (χ0n) is 10.4. The summed E-state index contributed by atoms with van der Waals surface area (Å²) in [5.41, 5.74) is -0.0431. The van der Waals surface area contributed by atoms with Gasteiger partial charge in [0.05, 0.1) is 17.3 Å². The highest BCUT2D eigenvalue weighted by molar-refractivity contribution is 6.09. The number of amides is 1. The number of fused-ring (bicyclic) bond motifs is 1. The van der Waals surface area contributed by atoms with Crippen LogP contribution in [0.3, 0.4) is 0 Å². The molecule has 1 aliphatic heterocycles. The van der Waals surface area contributed by atoms with Gasteiger partial charge in [-0.15, -0.1) is 0 Å². The third-order valence-electron chi connectivity index (χ3n) is 3.28. The van der Waals surface area contributed by atoms with Crippen LogP contribution in [0.4, 0.5) is 5.69 Å². The smallest absolute Gasteiger partial charge is 0.269 e. The molecule has 92 valence electrons. The number of aryl methyl sites for hydroxylation is 1. The van der Waals surface area contributed by atoms with E-state index in [1.807, 2.05) is 19.9 Å². The largest absolute Gasteiger partial charge is 0.371 e. The molecule has 4 heteroatoms. The topological polar surface area (TPSA) is 64.3 Å². The molecule has 1 unspecified atom stereocenters. The van der Waals surface area contributed by atoms with Crippen molar-refractivity contribution in [2.45, 2.75) is 19.4 Å². The minimum Gasteiger partial charge on any atom is -0.371 e. The van der Waals surface area contributed by atoms with Crippen molar-refractivity contribution in [1.82, 2.24) is 0 Å². The van der Waals surface area contributed by atoms with E-state index in [9.17, 15) is 9.90 Å². The highest BCUT2D eigenvalue weighted by Gasteiger charge is 2.51. The fourth-order valence-electron chi connectivity index (χ4n) is 2.28. The van der Waals surface area contributed by atoms with Crippen molar-refractivity contribution in [2.24, 2.45) is 0 Å². The lowest BCUT2D eigenvalue weighted by Crippen LogP contribution is -2.41. The molecule has 1 aliphatic rings. The minimum absolute atomic E-state index is 0.143. The zero-order valence-corrected chi connectivity index (χ0v) is 10.4. The lowest BCUT2D eigenvalue weighted by molar-refractivity contribution is -0.132. The summed E-state index contributed by atoms with van der Waals surface area (Å²) in [6, 6.07) is 7.18. The number of rotatable bonds is 2. The van der Waals surface area contributed by atoms with Gasteiger partial charge in [-0.1, -0.05) is 24.3 Å². The summed E-state index contributed by atoms with van der Waals surface area (Å²) in [7, 11) is 0. The van der Waals surface area contributed by atoms with Crippen molar-refractivity contribution in [1.29, 1.82) is 5.26 Å². The molecule has 0 fully saturated rings. The van der Waals surface area contributed by atoms with E-state index in [1.165, 1.54) is 4.90 Å². The van der Waals surface area contributed by atoms with Crippen LogP contribution in [0, 0.1) is 18.3 Å². The predicted octanol–water partition coefficient (Wildman–Crippen LogP) is 1.63. The number of nitriles is 1. The van der Waals surface area contributed by atoms with E-state index in [0.717, 1.165) is 5.56 Å². The summed E-state index contributed by atoms with van der Waals surface area (Å²) >= 11 is 0. The predicted molar refractivity (Wildman–Crippen MR) is 67.9 cm³/mol. The van der Waals surface area contributed by atoms with Gasteiger partial charge in [-0.2, -0.15) is 5.26 Å². The Balaban J connectivity index is 2.73. The van der Waals surface area contributed by atoms with Crippen LogP contribution in [0.5, 0.6) is 0 Å². The molecule has 0 aliphatic carbocycles. The van der Waals surface area contributed by atoms with E-state index in [-0.39, 0.29) is 5.57 Å². The molecule has 0 saturated heterocycles. The molecule has 0 bridgehead atoms. The molecule has 1 atom stereocenters. The van der Waals surface area contributed by atoms with Crippen LogP contribution < -0.4 is 4.90 Å². The van der Waals surface area contributed by atoms with E-state index in [4.69, 9.17) is 5.26 Å². The molecular weight excluding hydrogens is 228 g/mol. The maximum Gasteiger partial charge on any atom is 0.269 e. The average molecular weight is 242 g/mol. The van der Waals surface area contributed by atoms with Crippen LogP contribution in [0.15, 0.2) is 30.4 Å². The second-order valence-electron chi connectivity index (χ2n) is 4.37. The Bertz CT molecular complexity index is 586. The SMILES string of the molecule is C=C(C#N)C1(O)C(=O)N(CC)c2ccc(C)cc21. The van der Waals surface area contributed by atoms with Crippen molar-refractivity contribution >= 4 is 11.6 Å². The maximum absolute atomic E-state index is 12.3. The highest BCUT2D eigenvalue weighted by Crippen LogP contribution is 2.44. The lowest BCUT2D eigenvalue weighted by Gasteiger charge is -2.21. The molecule has 1 N–H and O–H groups in total. The van der Waals surface area contributed by atoms with Crippen LogP contribution in [-0.4, -0.2) is 17.6 Å². The molecular formula is C14H14N2O2. The second-order valence-corrected chi connectivity index (χ2v) is 4.37. The van der Waals surface area contributed by atoms with E-state index < -0.39 is 11.5 Å². The number of anilines is 1. The zero-order chi connectivity index (χ0) is 13.5. The Hall–Kier alpha value is -2.12. The summed E-state index contributed by atoms with van der Waals surface area (Å²) in [6.45, 7) is 7.65. The van der Waals surface area contributed by atoms with E-state index in [2.05, 4.69) is 6.58 Å². The number of likely N-dealkylation sites (N-methyl/N-ethyl adjacent to an activating group) is 1. The first kappa shape index (κ1) is 12.3. The van der Waals surface area contributed by atoms with Crippen molar-refractivity contribution in [3.63, 3.8) is 0 Å². The van der Waals surface area contributed by atoms with Gasteiger partial charge < -0.3 is 10.0 Å². The van der Waals surface area contributed by atoms with Crippen molar-refractivity contribution in [2.75, 3.05) is 11.4 Å². The van der Waals surface area contributed by atoms with Gasteiger partial charge >= 0.3 is 0 Å². The molecule has 4 nitrogen and oxygen atoms in total. The monoisotopic (exact) mass is 242 g/mol. The first-order valence-corrected chi connectivity index (χ1v) is 5.71. The molecule has 1 aromatic carbocycles. The third kappa shape index (κ3) is 1.38. The van der Waals surface area contributed by atoms with Gasteiger partial charge in [-0.05, 0) is 19.9 Å². The van der Waals surface area contributed by atoms with E-state index in [0.29, 0.717) is 17.8 Å². The number of nitrogens with zero attached hydrogens (tertiary/aromatic N) is 2. The van der Waals surface area contributed by atoms with Gasteiger partial charge in [0.25, 0.3) is 5.91 Å². The molecule has 0 spiro atoms. The van der Waals surface area contributed by atoms with Crippen LogP contribution in [0.1, 0.15) is 18.1 Å². The van der Waals surface area contributed by atoms with Gasteiger partial charge in [-0.25, -0.2) is 0 Å². The normalized spacial score (nSPS) is 21.7. The molecule has 0 aromatic heterocycles. The fraction of sp³-hybridized carbons (Fsp3) is 0.286. The molecule has 0 saturated carbocycles. The molecule has 0 radical (unpaired) electrons. The standard InChI is InChI=1S/C14H14N2O2/c1-4-16-12-6-5-9(2)7-11(12)14(18,13(16)17)10(3)8-15/h5-7,18H,3-4H2,1-2H3. The van der Waals surface area contributed by atoms with Crippen LogP contribution >= 0.6 is 0 Å². The first-order chi connectivity index (χ1) is 8.46. The number of aliphatic hydroxyl groups is 1. The number of hydrogen-bond acceptors (Lipinski definition) is 3.